The maximum Gasteiger partial charge on any atom is 0.333 e. The van der Waals surface area contributed by atoms with Crippen molar-refractivity contribution in [3.8, 4) is 5.88 Å². The van der Waals surface area contributed by atoms with Crippen LogP contribution in [0.2, 0.25) is 0 Å². The molecule has 96 valence electrons. The van der Waals surface area contributed by atoms with Gasteiger partial charge in [0.05, 0.1) is 32.4 Å². The van der Waals surface area contributed by atoms with E-state index in [1.807, 2.05) is 0 Å². The largest absolute Gasteiger partial charge is 0.494 e. The van der Waals surface area contributed by atoms with E-state index in [4.69, 9.17) is 9.47 Å². The van der Waals surface area contributed by atoms with Crippen LogP contribution < -0.4 is 11.2 Å². The molecule has 0 aliphatic carbocycles. The molecule has 1 aromatic heterocycles. The Morgan fingerprint density at radius 3 is 2.18 bits per heavy atom. The van der Waals surface area contributed by atoms with Crippen molar-refractivity contribution in [2.45, 2.75) is 13.1 Å². The first-order chi connectivity index (χ1) is 8.11. The van der Waals surface area contributed by atoms with E-state index < -0.39 is 11.2 Å². The van der Waals surface area contributed by atoms with E-state index in [1.165, 1.54) is 14.2 Å². The highest BCUT2D eigenvalue weighted by Crippen LogP contribution is 2.00. The molecule has 1 aromatic rings. The molecule has 7 heteroatoms. The van der Waals surface area contributed by atoms with Gasteiger partial charge >= 0.3 is 5.69 Å². The Hall–Kier alpha value is -1.60. The predicted molar refractivity (Wildman–Crippen MR) is 60.4 cm³/mol. The molecule has 0 saturated carbocycles. The van der Waals surface area contributed by atoms with Gasteiger partial charge in [-0.3, -0.25) is 13.9 Å². The average molecular weight is 244 g/mol. The van der Waals surface area contributed by atoms with Crippen LogP contribution in [0, 0.1) is 0 Å². The number of aromatic hydroxyl groups is 1. The molecule has 1 heterocycles. The first-order valence-corrected chi connectivity index (χ1v) is 5.13. The summed E-state index contributed by atoms with van der Waals surface area (Å²) in [5, 5.41) is 9.51. The molecular formula is C10H16N2O5. The SMILES string of the molecule is COCCn1c(O)cc(=O)n(CCOC)c1=O. The number of aromatic nitrogens is 2. The quantitative estimate of drug-likeness (QED) is 0.694. The van der Waals surface area contributed by atoms with E-state index in [1.54, 1.807) is 0 Å². The zero-order chi connectivity index (χ0) is 12.8. The highest BCUT2D eigenvalue weighted by Gasteiger charge is 2.09. The molecule has 0 radical (unpaired) electrons. The lowest BCUT2D eigenvalue weighted by Crippen LogP contribution is -2.40. The number of hydrogen-bond donors (Lipinski definition) is 1. The summed E-state index contributed by atoms with van der Waals surface area (Å²) in [5.74, 6) is -0.356. The molecule has 0 bridgehead atoms. The first kappa shape index (κ1) is 13.5. The summed E-state index contributed by atoms with van der Waals surface area (Å²) in [4.78, 5) is 23.4. The van der Waals surface area contributed by atoms with E-state index in [-0.39, 0.29) is 32.2 Å². The smallest absolute Gasteiger partial charge is 0.333 e. The minimum atomic E-state index is -0.566. The lowest BCUT2D eigenvalue weighted by Gasteiger charge is -2.11. The predicted octanol–water partition coefficient (Wildman–Crippen LogP) is -0.992. The van der Waals surface area contributed by atoms with Gasteiger partial charge in [0.15, 0.2) is 0 Å². The zero-order valence-corrected chi connectivity index (χ0v) is 9.88. The summed E-state index contributed by atoms with van der Waals surface area (Å²) in [5.41, 5.74) is -1.11. The van der Waals surface area contributed by atoms with Crippen LogP contribution >= 0.6 is 0 Å². The number of rotatable bonds is 6. The van der Waals surface area contributed by atoms with Gasteiger partial charge in [-0.15, -0.1) is 0 Å². The van der Waals surface area contributed by atoms with Gasteiger partial charge in [0.2, 0.25) is 5.88 Å². The molecule has 1 N–H and O–H groups in total. The number of methoxy groups -OCH3 is 2. The fraction of sp³-hybridized carbons (Fsp3) is 0.600. The summed E-state index contributed by atoms with van der Waals surface area (Å²) in [6.07, 6.45) is 0. The van der Waals surface area contributed by atoms with E-state index in [0.29, 0.717) is 0 Å². The third kappa shape index (κ3) is 3.18. The fourth-order valence-electron chi connectivity index (χ4n) is 1.39. The molecule has 0 atom stereocenters. The Balaban J connectivity index is 3.13. The van der Waals surface area contributed by atoms with Crippen molar-refractivity contribution >= 4 is 0 Å². The van der Waals surface area contributed by atoms with Crippen molar-refractivity contribution in [1.29, 1.82) is 0 Å². The van der Waals surface area contributed by atoms with Crippen molar-refractivity contribution in [2.24, 2.45) is 0 Å². The maximum absolute atomic E-state index is 11.9. The van der Waals surface area contributed by atoms with Crippen LogP contribution in [0.4, 0.5) is 0 Å². The lowest BCUT2D eigenvalue weighted by atomic mass is 10.5. The molecule has 0 aromatic carbocycles. The highest BCUT2D eigenvalue weighted by atomic mass is 16.5. The zero-order valence-electron chi connectivity index (χ0n) is 9.88. The van der Waals surface area contributed by atoms with Crippen LogP contribution in [0.3, 0.4) is 0 Å². The van der Waals surface area contributed by atoms with E-state index in [0.717, 1.165) is 15.2 Å². The Bertz CT molecular complexity index is 477. The molecule has 1 rings (SSSR count). The molecule has 0 spiro atoms. The first-order valence-electron chi connectivity index (χ1n) is 5.13. The van der Waals surface area contributed by atoms with Gasteiger partial charge in [-0.2, -0.15) is 0 Å². The lowest BCUT2D eigenvalue weighted by molar-refractivity contribution is 0.174. The van der Waals surface area contributed by atoms with E-state index in [2.05, 4.69) is 0 Å². The molecule has 0 aliphatic rings. The third-order valence-electron chi connectivity index (χ3n) is 2.29. The molecule has 0 aliphatic heterocycles. The minimum Gasteiger partial charge on any atom is -0.494 e. The average Bonchev–Trinajstić information content (AvgIpc) is 2.28. The Morgan fingerprint density at radius 2 is 1.65 bits per heavy atom. The molecule has 0 fully saturated rings. The van der Waals surface area contributed by atoms with Crippen LogP contribution in [0.15, 0.2) is 15.7 Å². The van der Waals surface area contributed by atoms with Gasteiger partial charge in [0, 0.05) is 14.2 Å². The van der Waals surface area contributed by atoms with Crippen LogP contribution in [0.1, 0.15) is 0 Å². The number of hydrogen-bond acceptors (Lipinski definition) is 5. The molecular weight excluding hydrogens is 228 g/mol. The van der Waals surface area contributed by atoms with Gasteiger partial charge in [-0.25, -0.2) is 4.79 Å². The Kier molecular flexibility index (Phi) is 4.92. The molecule has 0 saturated heterocycles. The van der Waals surface area contributed by atoms with Crippen LogP contribution in [0.25, 0.3) is 0 Å². The second-order valence-corrected chi connectivity index (χ2v) is 3.41. The second-order valence-electron chi connectivity index (χ2n) is 3.41. The van der Waals surface area contributed by atoms with Crippen molar-refractivity contribution in [1.82, 2.24) is 9.13 Å². The van der Waals surface area contributed by atoms with E-state index in [9.17, 15) is 14.7 Å². The highest BCUT2D eigenvalue weighted by molar-refractivity contribution is 5.07. The van der Waals surface area contributed by atoms with Crippen molar-refractivity contribution in [3.05, 3.63) is 26.9 Å². The summed E-state index contributed by atoms with van der Waals surface area (Å²) >= 11 is 0. The molecule has 7 nitrogen and oxygen atoms in total. The van der Waals surface area contributed by atoms with Gasteiger partial charge in [0.1, 0.15) is 0 Å². The van der Waals surface area contributed by atoms with Crippen molar-refractivity contribution < 1.29 is 14.6 Å². The van der Waals surface area contributed by atoms with Gasteiger partial charge in [-0.1, -0.05) is 0 Å². The number of ether oxygens (including phenoxy) is 2. The summed E-state index contributed by atoms with van der Waals surface area (Å²) in [6.45, 7) is 0.871. The Labute approximate surface area is 97.8 Å². The second kappa shape index (κ2) is 6.21. The molecule has 17 heavy (non-hydrogen) atoms. The maximum atomic E-state index is 11.9. The van der Waals surface area contributed by atoms with E-state index >= 15 is 0 Å². The van der Waals surface area contributed by atoms with Crippen molar-refractivity contribution in [3.63, 3.8) is 0 Å². The van der Waals surface area contributed by atoms with Gasteiger partial charge in [0.25, 0.3) is 5.56 Å². The normalized spacial score (nSPS) is 10.7. The van der Waals surface area contributed by atoms with Gasteiger partial charge in [-0.05, 0) is 0 Å². The third-order valence-corrected chi connectivity index (χ3v) is 2.29. The standard InChI is InChI=1S/C10H16N2O5/c1-16-5-3-11-8(13)7-9(14)12(10(11)15)4-6-17-2/h7,13H,3-6H2,1-2H3. The fourth-order valence-corrected chi connectivity index (χ4v) is 1.39. The van der Waals surface area contributed by atoms with Gasteiger partial charge < -0.3 is 14.6 Å². The van der Waals surface area contributed by atoms with Crippen LogP contribution in [-0.4, -0.2) is 41.7 Å². The monoisotopic (exact) mass is 244 g/mol. The minimum absolute atomic E-state index is 0.154. The molecule has 0 unspecified atom stereocenters. The van der Waals surface area contributed by atoms with Crippen molar-refractivity contribution in [2.75, 3.05) is 27.4 Å². The summed E-state index contributed by atoms with van der Waals surface area (Å²) in [7, 11) is 2.97. The Morgan fingerprint density at radius 1 is 1.12 bits per heavy atom. The summed E-state index contributed by atoms with van der Waals surface area (Å²) in [6, 6.07) is 1.01. The number of nitrogens with zero attached hydrogens (tertiary/aromatic N) is 2. The van der Waals surface area contributed by atoms with Crippen LogP contribution in [-0.2, 0) is 22.6 Å². The van der Waals surface area contributed by atoms with Crippen LogP contribution in [0.5, 0.6) is 5.88 Å². The topological polar surface area (TPSA) is 82.7 Å². The summed E-state index contributed by atoms with van der Waals surface area (Å²) < 4.78 is 11.7. The molecule has 0 amide bonds.